The van der Waals surface area contributed by atoms with Gasteiger partial charge in [-0.15, -0.1) is 29.9 Å². The molecule has 0 atom stereocenters. The minimum absolute atomic E-state index is 0. The summed E-state index contributed by atoms with van der Waals surface area (Å²) in [4.78, 5) is 6.36. The van der Waals surface area contributed by atoms with Gasteiger partial charge in [0.1, 0.15) is 0 Å². The maximum absolute atomic E-state index is 4.13. The Kier molecular flexibility index (Phi) is 4.86. The molecule has 1 fully saturated rings. The standard InChI is InChI=1S/C8H11N7.2ClH/c1-3-14(4-2-9-1)8-6-10-5-7-11-12-13-15(7)8;;/h5-6,9H,1-4H2;2*1H. The minimum atomic E-state index is 0. The fraction of sp³-hybridized carbons (Fsp3) is 0.500. The average Bonchev–Trinajstić information content (AvgIpc) is 2.78. The zero-order valence-electron chi connectivity index (χ0n) is 8.98. The highest BCUT2D eigenvalue weighted by Crippen LogP contribution is 2.12. The van der Waals surface area contributed by atoms with Gasteiger partial charge in [-0.3, -0.25) is 4.98 Å². The van der Waals surface area contributed by atoms with Crippen molar-refractivity contribution in [1.29, 1.82) is 0 Å². The third kappa shape index (κ3) is 2.56. The van der Waals surface area contributed by atoms with E-state index in [0.29, 0.717) is 5.65 Å². The van der Waals surface area contributed by atoms with E-state index in [9.17, 15) is 0 Å². The Morgan fingerprint density at radius 1 is 1.12 bits per heavy atom. The van der Waals surface area contributed by atoms with Gasteiger partial charge in [-0.05, 0) is 10.4 Å². The molecule has 0 saturated carbocycles. The fourth-order valence-corrected chi connectivity index (χ4v) is 1.77. The molecule has 7 nitrogen and oxygen atoms in total. The van der Waals surface area contributed by atoms with E-state index < -0.39 is 0 Å². The molecule has 0 amide bonds. The van der Waals surface area contributed by atoms with E-state index in [1.807, 2.05) is 0 Å². The lowest BCUT2D eigenvalue weighted by Crippen LogP contribution is -2.44. The van der Waals surface area contributed by atoms with E-state index in [1.54, 1.807) is 16.9 Å². The summed E-state index contributed by atoms with van der Waals surface area (Å²) in [5.74, 6) is 0.957. The molecule has 0 radical (unpaired) electrons. The summed E-state index contributed by atoms with van der Waals surface area (Å²) < 4.78 is 1.72. The molecule has 94 valence electrons. The highest BCUT2D eigenvalue weighted by Gasteiger charge is 2.14. The second kappa shape index (κ2) is 5.95. The predicted octanol–water partition coefficient (Wildman–Crippen LogP) is -0.228. The van der Waals surface area contributed by atoms with Crippen LogP contribution < -0.4 is 10.2 Å². The quantitative estimate of drug-likeness (QED) is 0.777. The van der Waals surface area contributed by atoms with Gasteiger partial charge in [0.25, 0.3) is 0 Å². The SMILES string of the molecule is Cl.Cl.c1ncc2nnnn2c1N1CCNCC1. The minimum Gasteiger partial charge on any atom is -0.353 e. The van der Waals surface area contributed by atoms with E-state index in [2.05, 4.69) is 30.7 Å². The topological polar surface area (TPSA) is 71.2 Å². The van der Waals surface area contributed by atoms with Crippen LogP contribution in [-0.4, -0.2) is 51.2 Å². The van der Waals surface area contributed by atoms with Crippen molar-refractivity contribution in [2.24, 2.45) is 0 Å². The number of nitrogens with one attached hydrogen (secondary N) is 1. The molecule has 9 heteroatoms. The summed E-state index contributed by atoms with van der Waals surface area (Å²) in [6.07, 6.45) is 3.46. The molecular weight excluding hydrogens is 265 g/mol. The largest absolute Gasteiger partial charge is 0.353 e. The van der Waals surface area contributed by atoms with Crippen LogP contribution in [0.5, 0.6) is 0 Å². The molecule has 3 rings (SSSR count). The lowest BCUT2D eigenvalue weighted by Gasteiger charge is -2.28. The number of tetrazole rings is 1. The number of rotatable bonds is 1. The first-order valence-electron chi connectivity index (χ1n) is 4.93. The van der Waals surface area contributed by atoms with Crippen LogP contribution in [0.4, 0.5) is 5.82 Å². The molecule has 1 saturated heterocycles. The first-order chi connectivity index (χ1) is 7.45. The summed E-state index contributed by atoms with van der Waals surface area (Å²) in [5.41, 5.74) is 0.686. The van der Waals surface area contributed by atoms with Gasteiger partial charge in [0.15, 0.2) is 11.5 Å². The molecule has 0 aliphatic carbocycles. The van der Waals surface area contributed by atoms with Crippen LogP contribution in [0.1, 0.15) is 0 Å². The maximum atomic E-state index is 4.13. The van der Waals surface area contributed by atoms with E-state index in [1.165, 1.54) is 0 Å². The predicted molar refractivity (Wildman–Crippen MR) is 68.2 cm³/mol. The van der Waals surface area contributed by atoms with Gasteiger partial charge in [0, 0.05) is 26.2 Å². The van der Waals surface area contributed by atoms with Crippen molar-refractivity contribution in [2.45, 2.75) is 0 Å². The molecule has 3 heterocycles. The molecule has 1 N–H and O–H groups in total. The van der Waals surface area contributed by atoms with Crippen molar-refractivity contribution in [3.63, 3.8) is 0 Å². The van der Waals surface area contributed by atoms with E-state index in [0.717, 1.165) is 32.0 Å². The molecule has 0 aromatic carbocycles. The zero-order chi connectivity index (χ0) is 10.1. The van der Waals surface area contributed by atoms with Crippen LogP contribution in [0.25, 0.3) is 5.65 Å². The summed E-state index contributed by atoms with van der Waals surface area (Å²) in [7, 11) is 0. The number of nitrogens with zero attached hydrogens (tertiary/aromatic N) is 6. The highest BCUT2D eigenvalue weighted by molar-refractivity contribution is 5.85. The van der Waals surface area contributed by atoms with Crippen LogP contribution in [0.15, 0.2) is 12.4 Å². The van der Waals surface area contributed by atoms with Crippen LogP contribution in [-0.2, 0) is 0 Å². The normalized spacial score (nSPS) is 15.2. The van der Waals surface area contributed by atoms with Gasteiger partial charge < -0.3 is 10.2 Å². The molecule has 17 heavy (non-hydrogen) atoms. The van der Waals surface area contributed by atoms with Crippen LogP contribution in [0, 0.1) is 0 Å². The highest BCUT2D eigenvalue weighted by atomic mass is 35.5. The van der Waals surface area contributed by atoms with Gasteiger partial charge in [-0.1, -0.05) is 0 Å². The summed E-state index contributed by atoms with van der Waals surface area (Å²) in [5, 5.41) is 14.8. The van der Waals surface area contributed by atoms with Gasteiger partial charge >= 0.3 is 0 Å². The Balaban J connectivity index is 0.000000722. The Morgan fingerprint density at radius 2 is 1.88 bits per heavy atom. The Hall–Kier alpha value is -1.18. The number of halogens is 2. The number of piperazine rings is 1. The third-order valence-corrected chi connectivity index (χ3v) is 2.53. The maximum Gasteiger partial charge on any atom is 0.199 e. The average molecular weight is 278 g/mol. The molecule has 2 aromatic heterocycles. The molecule has 0 bridgehead atoms. The summed E-state index contributed by atoms with van der Waals surface area (Å²) >= 11 is 0. The zero-order valence-corrected chi connectivity index (χ0v) is 10.6. The Bertz CT molecular complexity index is 468. The fourth-order valence-electron chi connectivity index (χ4n) is 1.77. The lowest BCUT2D eigenvalue weighted by molar-refractivity contribution is 0.578. The van der Waals surface area contributed by atoms with Gasteiger partial charge in [-0.25, -0.2) is 0 Å². The summed E-state index contributed by atoms with van der Waals surface area (Å²) in [6, 6.07) is 0. The van der Waals surface area contributed by atoms with Gasteiger partial charge in [0.2, 0.25) is 0 Å². The lowest BCUT2D eigenvalue weighted by atomic mass is 10.3. The van der Waals surface area contributed by atoms with Crippen molar-refractivity contribution < 1.29 is 0 Å². The molecule has 0 spiro atoms. The number of hydrogen-bond acceptors (Lipinski definition) is 6. The van der Waals surface area contributed by atoms with Crippen molar-refractivity contribution in [1.82, 2.24) is 30.3 Å². The van der Waals surface area contributed by atoms with Gasteiger partial charge in [0.05, 0.1) is 12.4 Å². The van der Waals surface area contributed by atoms with Crippen molar-refractivity contribution in [3.8, 4) is 0 Å². The Morgan fingerprint density at radius 3 is 2.65 bits per heavy atom. The van der Waals surface area contributed by atoms with Crippen molar-refractivity contribution in [2.75, 3.05) is 31.1 Å². The first-order valence-corrected chi connectivity index (χ1v) is 4.93. The van der Waals surface area contributed by atoms with Gasteiger partial charge in [-0.2, -0.15) is 4.52 Å². The van der Waals surface area contributed by atoms with Crippen molar-refractivity contribution >= 4 is 36.3 Å². The second-order valence-electron chi connectivity index (χ2n) is 3.45. The van der Waals surface area contributed by atoms with E-state index in [-0.39, 0.29) is 24.8 Å². The van der Waals surface area contributed by atoms with Crippen molar-refractivity contribution in [3.05, 3.63) is 12.4 Å². The molecule has 0 unspecified atom stereocenters. The Labute approximate surface area is 110 Å². The number of anilines is 1. The smallest absolute Gasteiger partial charge is 0.199 e. The summed E-state index contributed by atoms with van der Waals surface area (Å²) in [6.45, 7) is 3.89. The van der Waals surface area contributed by atoms with Crippen LogP contribution >= 0.6 is 24.8 Å². The molecule has 2 aromatic rings. The molecule has 1 aliphatic heterocycles. The third-order valence-electron chi connectivity index (χ3n) is 2.53. The molecule has 1 aliphatic rings. The van der Waals surface area contributed by atoms with E-state index >= 15 is 0 Å². The number of fused-ring (bicyclic) bond motifs is 1. The molecular formula is C8H13Cl2N7. The number of hydrogen-bond donors (Lipinski definition) is 1. The van der Waals surface area contributed by atoms with Crippen LogP contribution in [0.3, 0.4) is 0 Å². The van der Waals surface area contributed by atoms with Crippen LogP contribution in [0.2, 0.25) is 0 Å². The van der Waals surface area contributed by atoms with E-state index in [4.69, 9.17) is 0 Å². The number of aromatic nitrogens is 5. The second-order valence-corrected chi connectivity index (χ2v) is 3.45. The first kappa shape index (κ1) is 13.9. The monoisotopic (exact) mass is 277 g/mol.